The van der Waals surface area contributed by atoms with E-state index in [1.807, 2.05) is 0 Å². The first-order valence-corrected chi connectivity index (χ1v) is 7.07. The fraction of sp³-hybridized carbons (Fsp3) is 1.00. The van der Waals surface area contributed by atoms with Crippen molar-refractivity contribution in [1.29, 1.82) is 0 Å². The minimum absolute atomic E-state index is 0.538. The van der Waals surface area contributed by atoms with Crippen molar-refractivity contribution in [2.24, 2.45) is 0 Å². The van der Waals surface area contributed by atoms with E-state index in [1.54, 1.807) is 0 Å². The van der Waals surface area contributed by atoms with E-state index in [9.17, 15) is 35.7 Å². The van der Waals surface area contributed by atoms with Crippen LogP contribution in [0.4, 0.5) is 0 Å². The minimum Gasteiger partial charge on any atom is -0.394 e. The van der Waals surface area contributed by atoms with Crippen LogP contribution in [0.2, 0.25) is 0 Å². The molecule has 1 unspecified atom stereocenters. The van der Waals surface area contributed by atoms with Crippen molar-refractivity contribution < 1.29 is 55.1 Å². The highest BCUT2D eigenvalue weighted by Crippen LogP contribution is 2.25. The van der Waals surface area contributed by atoms with Gasteiger partial charge in [0.25, 0.3) is 0 Å². The second-order valence-electron chi connectivity index (χ2n) is 5.57. The molecule has 23 heavy (non-hydrogen) atoms. The first-order chi connectivity index (χ1) is 10.8. The van der Waals surface area contributed by atoms with Gasteiger partial charge in [-0.15, -0.1) is 0 Å². The fourth-order valence-corrected chi connectivity index (χ4v) is 2.50. The minimum atomic E-state index is -1.66. The highest BCUT2D eigenvalue weighted by Gasteiger charge is 2.47. The second kappa shape index (κ2) is 7.63. The molecule has 0 aliphatic carbocycles. The van der Waals surface area contributed by atoms with Crippen LogP contribution in [0.15, 0.2) is 0 Å². The molecule has 0 aromatic carbocycles. The predicted molar refractivity (Wildman–Crippen MR) is 68.6 cm³/mol. The molecule has 0 aromatic heterocycles. The molecule has 0 aromatic rings. The Morgan fingerprint density at radius 3 is 2.00 bits per heavy atom. The van der Waals surface area contributed by atoms with Gasteiger partial charge in [0.15, 0.2) is 12.6 Å². The summed E-state index contributed by atoms with van der Waals surface area (Å²) in [6, 6.07) is 0. The normalized spacial score (nSPS) is 49.3. The highest BCUT2D eigenvalue weighted by atomic mass is 16.7. The lowest BCUT2D eigenvalue weighted by molar-refractivity contribution is -0.306. The third kappa shape index (κ3) is 3.81. The van der Waals surface area contributed by atoms with Gasteiger partial charge in [0.1, 0.15) is 48.8 Å². The Labute approximate surface area is 130 Å². The maximum Gasteiger partial charge on any atom is 0.186 e. The smallest absolute Gasteiger partial charge is 0.186 e. The van der Waals surface area contributed by atoms with Crippen molar-refractivity contribution in [3.05, 3.63) is 0 Å². The fourth-order valence-electron chi connectivity index (χ4n) is 2.50. The first-order valence-electron chi connectivity index (χ1n) is 7.07. The Balaban J connectivity index is 1.89. The molecule has 0 bridgehead atoms. The van der Waals surface area contributed by atoms with Gasteiger partial charge < -0.3 is 55.1 Å². The molecule has 8 N–H and O–H groups in total. The standard InChI is InChI=1S/C12H22O11/c13-1-4-5(15)6(16)9(19)12(22-4)21-2-3(14)10-7(17)8(18)11(20)23-10/h3-20H,1-2H2/t3-,4-,5+,6+,7-,8-,9-,10+,11?,12-/m1/s1. The molecule has 2 aliphatic rings. The number of rotatable bonds is 5. The van der Waals surface area contributed by atoms with E-state index >= 15 is 0 Å². The van der Waals surface area contributed by atoms with Crippen LogP contribution in [0.25, 0.3) is 0 Å². The molecular weight excluding hydrogens is 320 g/mol. The summed E-state index contributed by atoms with van der Waals surface area (Å²) in [6.07, 6.45) is -15.0. The quantitative estimate of drug-likeness (QED) is 0.238. The van der Waals surface area contributed by atoms with Crippen LogP contribution in [-0.2, 0) is 14.2 Å². The summed E-state index contributed by atoms with van der Waals surface area (Å²) in [6.45, 7) is -1.17. The molecule has 11 heteroatoms. The van der Waals surface area contributed by atoms with Crippen LogP contribution in [0.5, 0.6) is 0 Å². The van der Waals surface area contributed by atoms with Crippen LogP contribution in [0, 0.1) is 0 Å². The Kier molecular flexibility index (Phi) is 6.27. The zero-order chi connectivity index (χ0) is 17.3. The van der Waals surface area contributed by atoms with E-state index in [0.29, 0.717) is 0 Å². The van der Waals surface area contributed by atoms with Gasteiger partial charge in [0.2, 0.25) is 0 Å². The van der Waals surface area contributed by atoms with Crippen LogP contribution < -0.4 is 0 Å². The monoisotopic (exact) mass is 342 g/mol. The van der Waals surface area contributed by atoms with Crippen molar-refractivity contribution in [3.63, 3.8) is 0 Å². The Morgan fingerprint density at radius 2 is 1.48 bits per heavy atom. The van der Waals surface area contributed by atoms with E-state index < -0.39 is 74.6 Å². The molecular formula is C12H22O11. The highest BCUT2D eigenvalue weighted by molar-refractivity contribution is 4.91. The maximum absolute atomic E-state index is 9.88. The van der Waals surface area contributed by atoms with Gasteiger partial charge in [-0.05, 0) is 0 Å². The second-order valence-corrected chi connectivity index (χ2v) is 5.57. The van der Waals surface area contributed by atoms with Gasteiger partial charge in [-0.3, -0.25) is 0 Å². The molecule has 2 aliphatic heterocycles. The van der Waals surface area contributed by atoms with Gasteiger partial charge >= 0.3 is 0 Å². The molecule has 2 fully saturated rings. The average molecular weight is 342 g/mol. The molecule has 10 atom stereocenters. The molecule has 2 saturated heterocycles. The molecule has 0 saturated carbocycles. The van der Waals surface area contributed by atoms with Crippen LogP contribution >= 0.6 is 0 Å². The third-order valence-corrected chi connectivity index (χ3v) is 3.93. The van der Waals surface area contributed by atoms with Crippen molar-refractivity contribution in [1.82, 2.24) is 0 Å². The molecule has 2 rings (SSSR count). The summed E-state index contributed by atoms with van der Waals surface area (Å²) in [4.78, 5) is 0. The van der Waals surface area contributed by atoms with Gasteiger partial charge in [-0.2, -0.15) is 0 Å². The van der Waals surface area contributed by atoms with Gasteiger partial charge in [0, 0.05) is 0 Å². The van der Waals surface area contributed by atoms with Gasteiger partial charge in [-0.25, -0.2) is 0 Å². The van der Waals surface area contributed by atoms with E-state index in [4.69, 9.17) is 19.3 Å². The van der Waals surface area contributed by atoms with Gasteiger partial charge in [-0.1, -0.05) is 0 Å². The summed E-state index contributed by atoms with van der Waals surface area (Å²) in [7, 11) is 0. The topological polar surface area (TPSA) is 190 Å². The predicted octanol–water partition coefficient (Wildman–Crippen LogP) is -5.40. The van der Waals surface area contributed by atoms with E-state index in [1.165, 1.54) is 0 Å². The lowest BCUT2D eigenvalue weighted by Gasteiger charge is -2.40. The molecule has 136 valence electrons. The van der Waals surface area contributed by atoms with E-state index in [-0.39, 0.29) is 0 Å². The number of aliphatic hydroxyl groups excluding tert-OH is 8. The first kappa shape index (κ1) is 18.9. The number of ether oxygens (including phenoxy) is 3. The molecule has 11 nitrogen and oxygen atoms in total. The van der Waals surface area contributed by atoms with Crippen LogP contribution in [-0.4, -0.2) is 115 Å². The number of hydrogen-bond donors (Lipinski definition) is 8. The molecule has 0 radical (unpaired) electrons. The lowest BCUT2D eigenvalue weighted by atomic mass is 9.99. The van der Waals surface area contributed by atoms with Crippen LogP contribution in [0.3, 0.4) is 0 Å². The summed E-state index contributed by atoms with van der Waals surface area (Å²) < 4.78 is 14.9. The van der Waals surface area contributed by atoms with Gasteiger partial charge in [0.05, 0.1) is 13.2 Å². The number of hydrogen-bond acceptors (Lipinski definition) is 11. The Hall–Kier alpha value is -0.440. The Bertz CT molecular complexity index is 380. The van der Waals surface area contributed by atoms with Crippen molar-refractivity contribution in [3.8, 4) is 0 Å². The SMILES string of the molecule is OC[C@H]1O[C@@H](OC[C@@H](O)[C@@H]2OC(O)[C@H](O)[C@H]2O)[C@H](O)[C@@H](O)[C@H]1O. The molecule has 0 amide bonds. The summed E-state index contributed by atoms with van der Waals surface area (Å²) in [5.74, 6) is 0. The number of aliphatic hydroxyl groups is 8. The van der Waals surface area contributed by atoms with Crippen molar-refractivity contribution >= 4 is 0 Å². The Morgan fingerprint density at radius 1 is 0.826 bits per heavy atom. The summed E-state index contributed by atoms with van der Waals surface area (Å²) in [5.41, 5.74) is 0. The van der Waals surface area contributed by atoms with E-state index in [2.05, 4.69) is 0 Å². The maximum atomic E-state index is 9.88. The van der Waals surface area contributed by atoms with Crippen LogP contribution in [0.1, 0.15) is 0 Å². The molecule has 0 spiro atoms. The molecule has 2 heterocycles. The van der Waals surface area contributed by atoms with Crippen molar-refractivity contribution in [2.45, 2.75) is 61.4 Å². The van der Waals surface area contributed by atoms with Crippen molar-refractivity contribution in [2.75, 3.05) is 13.2 Å². The van der Waals surface area contributed by atoms with E-state index in [0.717, 1.165) is 0 Å². The zero-order valence-electron chi connectivity index (χ0n) is 12.0. The average Bonchev–Trinajstić information content (AvgIpc) is 2.79. The lowest BCUT2D eigenvalue weighted by Crippen LogP contribution is -2.59. The summed E-state index contributed by atoms with van der Waals surface area (Å²) >= 11 is 0. The largest absolute Gasteiger partial charge is 0.394 e. The zero-order valence-corrected chi connectivity index (χ0v) is 12.0. The third-order valence-electron chi connectivity index (χ3n) is 3.93. The summed E-state index contributed by atoms with van der Waals surface area (Å²) in [5, 5.41) is 76.1.